The molecule has 4 rings (SSSR count). The number of benzene rings is 2. The van der Waals surface area contributed by atoms with Gasteiger partial charge in [-0.15, -0.1) is 0 Å². The van der Waals surface area contributed by atoms with Gasteiger partial charge in [-0.05, 0) is 49.4 Å². The molecular formula is C24H23ClN4O4. The molecule has 1 aliphatic heterocycles. The second-order valence-corrected chi connectivity index (χ2v) is 7.71. The number of nitrogens with two attached hydrogens (primary N) is 1. The minimum atomic E-state index is -0.565. The summed E-state index contributed by atoms with van der Waals surface area (Å²) in [6, 6.07) is 14.1. The molecule has 1 aliphatic rings. The molecule has 1 fully saturated rings. The van der Waals surface area contributed by atoms with E-state index in [1.54, 1.807) is 30.6 Å². The van der Waals surface area contributed by atoms with Crippen LogP contribution in [0.5, 0.6) is 5.75 Å². The zero-order chi connectivity index (χ0) is 23.8. The number of para-hydroxylation sites is 1. The first kappa shape index (κ1) is 23.9. The standard InChI is InChI=1S/C14H10ClNO3.C10H13N3O/c15-11-3-1-2-10(13(11)18)12(17)8-4-6-9(7-5-8)14(16)19;14-10(8-1-4-11-5-2-8)13-9-3-6-12-7-9/h1-7,18H,(H2,16,19);1-2,4-5,9,12H,3,6-7H2,(H,13,14). The monoisotopic (exact) mass is 466 g/mol. The molecule has 0 bridgehead atoms. The number of carbonyl (C=O) groups excluding carboxylic acids is 3. The van der Waals surface area contributed by atoms with Crippen molar-refractivity contribution in [3.8, 4) is 5.75 Å². The molecule has 1 atom stereocenters. The minimum absolute atomic E-state index is 0.0129. The van der Waals surface area contributed by atoms with E-state index in [1.807, 2.05) is 0 Å². The highest BCUT2D eigenvalue weighted by Crippen LogP contribution is 2.28. The summed E-state index contributed by atoms with van der Waals surface area (Å²) in [7, 11) is 0. The lowest BCUT2D eigenvalue weighted by Gasteiger charge is -2.10. The Morgan fingerprint density at radius 2 is 1.67 bits per heavy atom. The third-order valence-corrected chi connectivity index (χ3v) is 5.31. The van der Waals surface area contributed by atoms with Crippen LogP contribution in [0.15, 0.2) is 67.0 Å². The number of ketones is 1. The summed E-state index contributed by atoms with van der Waals surface area (Å²) in [6.07, 6.45) is 4.26. The first-order valence-electron chi connectivity index (χ1n) is 10.2. The maximum atomic E-state index is 12.2. The average Bonchev–Trinajstić information content (AvgIpc) is 3.34. The fraction of sp³-hybridized carbons (Fsp3) is 0.167. The van der Waals surface area contributed by atoms with E-state index in [1.165, 1.54) is 36.4 Å². The van der Waals surface area contributed by atoms with Crippen LogP contribution < -0.4 is 16.4 Å². The van der Waals surface area contributed by atoms with Crippen LogP contribution in [0.25, 0.3) is 0 Å². The maximum Gasteiger partial charge on any atom is 0.251 e. The summed E-state index contributed by atoms with van der Waals surface area (Å²) in [5.74, 6) is -1.21. The Bertz CT molecular complexity index is 1130. The Morgan fingerprint density at radius 1 is 1.00 bits per heavy atom. The van der Waals surface area contributed by atoms with Crippen molar-refractivity contribution in [3.05, 3.63) is 94.3 Å². The molecule has 9 heteroatoms. The summed E-state index contributed by atoms with van der Waals surface area (Å²) in [4.78, 5) is 38.6. The van der Waals surface area contributed by atoms with Crippen molar-refractivity contribution in [1.29, 1.82) is 0 Å². The molecule has 2 amide bonds. The lowest BCUT2D eigenvalue weighted by atomic mass is 10.0. The molecular weight excluding hydrogens is 444 g/mol. The fourth-order valence-electron chi connectivity index (χ4n) is 3.19. The normalized spacial score (nSPS) is 14.6. The minimum Gasteiger partial charge on any atom is -0.506 e. The Labute approximate surface area is 195 Å². The van der Waals surface area contributed by atoms with Crippen molar-refractivity contribution >= 4 is 29.2 Å². The van der Waals surface area contributed by atoms with Gasteiger partial charge in [0.25, 0.3) is 5.91 Å². The van der Waals surface area contributed by atoms with E-state index in [9.17, 15) is 19.5 Å². The number of phenolic OH excluding ortho intramolecular Hbond substituents is 1. The van der Waals surface area contributed by atoms with E-state index in [-0.39, 0.29) is 34.1 Å². The Kier molecular flexibility index (Phi) is 8.12. The number of hydrogen-bond donors (Lipinski definition) is 4. The SMILES string of the molecule is NC(=O)c1ccc(C(=O)c2cccc(Cl)c2O)cc1.O=C(NC1CCNC1)c1ccncc1. The van der Waals surface area contributed by atoms with Gasteiger partial charge >= 0.3 is 0 Å². The predicted molar refractivity (Wildman–Crippen MR) is 124 cm³/mol. The van der Waals surface area contributed by atoms with Crippen molar-refractivity contribution in [2.45, 2.75) is 12.5 Å². The van der Waals surface area contributed by atoms with Crippen LogP contribution in [-0.4, -0.2) is 46.8 Å². The number of rotatable bonds is 5. The molecule has 3 aromatic rings. The highest BCUT2D eigenvalue weighted by atomic mass is 35.5. The van der Waals surface area contributed by atoms with Gasteiger partial charge in [0.1, 0.15) is 5.75 Å². The fourth-order valence-corrected chi connectivity index (χ4v) is 3.36. The number of carbonyl (C=O) groups is 3. The van der Waals surface area contributed by atoms with Gasteiger partial charge in [-0.25, -0.2) is 0 Å². The van der Waals surface area contributed by atoms with Crippen LogP contribution in [0.3, 0.4) is 0 Å². The number of hydrogen-bond acceptors (Lipinski definition) is 6. The molecule has 1 saturated heterocycles. The summed E-state index contributed by atoms with van der Waals surface area (Å²) < 4.78 is 0. The molecule has 8 nitrogen and oxygen atoms in total. The number of nitrogens with one attached hydrogen (secondary N) is 2. The molecule has 33 heavy (non-hydrogen) atoms. The molecule has 0 saturated carbocycles. The summed E-state index contributed by atoms with van der Waals surface area (Å²) in [5.41, 5.74) is 6.54. The van der Waals surface area contributed by atoms with E-state index < -0.39 is 5.91 Å². The van der Waals surface area contributed by atoms with Gasteiger partial charge in [0.15, 0.2) is 5.78 Å². The Balaban J connectivity index is 0.000000194. The third kappa shape index (κ3) is 6.38. The zero-order valence-electron chi connectivity index (χ0n) is 17.6. The number of primary amides is 1. The van der Waals surface area contributed by atoms with Crippen LogP contribution in [0, 0.1) is 0 Å². The number of halogens is 1. The number of phenols is 1. The van der Waals surface area contributed by atoms with Crippen molar-refractivity contribution in [2.75, 3.05) is 13.1 Å². The molecule has 1 aromatic heterocycles. The lowest BCUT2D eigenvalue weighted by molar-refractivity contribution is 0.0938. The van der Waals surface area contributed by atoms with Crippen molar-refractivity contribution in [3.63, 3.8) is 0 Å². The second kappa shape index (κ2) is 11.2. The summed E-state index contributed by atoms with van der Waals surface area (Å²) in [5, 5.41) is 16.0. The number of aromatic nitrogens is 1. The van der Waals surface area contributed by atoms with Crippen LogP contribution in [0.1, 0.15) is 43.1 Å². The largest absolute Gasteiger partial charge is 0.506 e. The summed E-state index contributed by atoms with van der Waals surface area (Å²) in [6.45, 7) is 1.86. The number of nitrogens with zero attached hydrogens (tertiary/aromatic N) is 1. The van der Waals surface area contributed by atoms with Gasteiger partial charge in [0, 0.05) is 41.7 Å². The first-order valence-corrected chi connectivity index (χ1v) is 10.6. The van der Waals surface area contributed by atoms with Gasteiger partial charge in [0.2, 0.25) is 5.91 Å². The highest BCUT2D eigenvalue weighted by molar-refractivity contribution is 6.33. The molecule has 0 radical (unpaired) electrons. The summed E-state index contributed by atoms with van der Waals surface area (Å²) >= 11 is 5.75. The molecule has 5 N–H and O–H groups in total. The molecule has 0 aliphatic carbocycles. The number of amides is 2. The predicted octanol–water partition coefficient (Wildman–Crippen LogP) is 2.55. The van der Waals surface area contributed by atoms with Crippen molar-refractivity contribution in [2.24, 2.45) is 5.73 Å². The second-order valence-electron chi connectivity index (χ2n) is 7.31. The topological polar surface area (TPSA) is 134 Å². The Morgan fingerprint density at radius 3 is 2.27 bits per heavy atom. The van der Waals surface area contributed by atoms with E-state index in [4.69, 9.17) is 17.3 Å². The van der Waals surface area contributed by atoms with Crippen LogP contribution in [0.4, 0.5) is 0 Å². The molecule has 1 unspecified atom stereocenters. The lowest BCUT2D eigenvalue weighted by Crippen LogP contribution is -2.36. The zero-order valence-corrected chi connectivity index (χ0v) is 18.4. The molecule has 0 spiro atoms. The van der Waals surface area contributed by atoms with E-state index in [0.29, 0.717) is 16.7 Å². The molecule has 170 valence electrons. The number of aromatic hydroxyl groups is 1. The van der Waals surface area contributed by atoms with E-state index >= 15 is 0 Å². The smallest absolute Gasteiger partial charge is 0.251 e. The van der Waals surface area contributed by atoms with Gasteiger partial charge in [-0.1, -0.05) is 29.8 Å². The van der Waals surface area contributed by atoms with Gasteiger partial charge < -0.3 is 21.5 Å². The van der Waals surface area contributed by atoms with Gasteiger partial charge in [-0.2, -0.15) is 0 Å². The van der Waals surface area contributed by atoms with Gasteiger partial charge in [0.05, 0.1) is 10.6 Å². The maximum absolute atomic E-state index is 12.2. The highest BCUT2D eigenvalue weighted by Gasteiger charge is 2.17. The first-order chi connectivity index (χ1) is 15.9. The molecule has 2 aromatic carbocycles. The molecule has 2 heterocycles. The third-order valence-electron chi connectivity index (χ3n) is 5.00. The Hall–Kier alpha value is -3.75. The van der Waals surface area contributed by atoms with E-state index in [0.717, 1.165) is 19.5 Å². The van der Waals surface area contributed by atoms with Crippen molar-refractivity contribution < 1.29 is 19.5 Å². The number of pyridine rings is 1. The van der Waals surface area contributed by atoms with Crippen molar-refractivity contribution in [1.82, 2.24) is 15.6 Å². The quantitative estimate of drug-likeness (QED) is 0.427. The van der Waals surface area contributed by atoms with E-state index in [2.05, 4.69) is 15.6 Å². The average molecular weight is 467 g/mol. The van der Waals surface area contributed by atoms with Crippen LogP contribution in [-0.2, 0) is 0 Å². The van der Waals surface area contributed by atoms with Crippen LogP contribution in [0.2, 0.25) is 5.02 Å². The van der Waals surface area contributed by atoms with Crippen LogP contribution >= 0.6 is 11.6 Å². The van der Waals surface area contributed by atoms with Gasteiger partial charge in [-0.3, -0.25) is 19.4 Å².